The van der Waals surface area contributed by atoms with Gasteiger partial charge in [0, 0.05) is 17.7 Å². The molecule has 20 heavy (non-hydrogen) atoms. The Labute approximate surface area is 121 Å². The highest BCUT2D eigenvalue weighted by Crippen LogP contribution is 2.38. The molecule has 0 aromatic carbocycles. The number of alkyl halides is 3. The smallest absolute Gasteiger partial charge is 0.374 e. The minimum atomic E-state index is -4.39. The summed E-state index contributed by atoms with van der Waals surface area (Å²) in [4.78, 5) is 4.03. The second-order valence-corrected chi connectivity index (χ2v) is 6.05. The number of aromatic nitrogens is 1. The van der Waals surface area contributed by atoms with Gasteiger partial charge in [-0.25, -0.2) is 4.98 Å². The zero-order valence-electron chi connectivity index (χ0n) is 12.2. The van der Waals surface area contributed by atoms with E-state index in [1.54, 1.807) is 0 Å². The molecule has 116 valence electrons. The zero-order chi connectivity index (χ0) is 15.4. The number of nitrogens with zero attached hydrogens (tertiary/aromatic N) is 1. The Morgan fingerprint density at radius 1 is 1.35 bits per heavy atom. The van der Waals surface area contributed by atoms with Crippen LogP contribution in [-0.2, 0) is 10.9 Å². The fourth-order valence-electron chi connectivity index (χ4n) is 1.98. The molecule has 0 saturated carbocycles. The lowest BCUT2D eigenvalue weighted by Crippen LogP contribution is -2.41. The fourth-order valence-corrected chi connectivity index (χ4v) is 3.02. The van der Waals surface area contributed by atoms with Gasteiger partial charge in [0.2, 0.25) is 0 Å². The molecule has 0 radical (unpaired) electrons. The quantitative estimate of drug-likeness (QED) is 0.826. The molecule has 1 heterocycles. The van der Waals surface area contributed by atoms with E-state index in [9.17, 15) is 13.2 Å². The predicted molar refractivity (Wildman–Crippen MR) is 73.9 cm³/mol. The van der Waals surface area contributed by atoms with Crippen LogP contribution in [-0.4, -0.2) is 23.7 Å². The van der Waals surface area contributed by atoms with E-state index in [0.29, 0.717) is 29.4 Å². The second kappa shape index (κ2) is 6.87. The highest BCUT2D eigenvalue weighted by atomic mass is 32.1. The van der Waals surface area contributed by atoms with Gasteiger partial charge < -0.3 is 10.1 Å². The predicted octanol–water partition coefficient (Wildman–Crippen LogP) is 4.02. The molecule has 0 amide bonds. The van der Waals surface area contributed by atoms with Crippen LogP contribution in [0, 0.1) is 0 Å². The Morgan fingerprint density at radius 3 is 2.45 bits per heavy atom. The van der Waals surface area contributed by atoms with Crippen molar-refractivity contribution in [3.63, 3.8) is 0 Å². The van der Waals surface area contributed by atoms with E-state index in [1.807, 2.05) is 27.7 Å². The number of ether oxygens (including phenoxy) is 1. The van der Waals surface area contributed by atoms with Gasteiger partial charge in [0.1, 0.15) is 0 Å². The maximum Gasteiger partial charge on any atom is 0.443 e. The first-order valence-corrected chi connectivity index (χ1v) is 7.44. The molecule has 1 N–H and O–H groups in total. The summed E-state index contributed by atoms with van der Waals surface area (Å²) in [5.74, 6) is 0. The molecule has 0 aliphatic heterocycles. The van der Waals surface area contributed by atoms with E-state index >= 15 is 0 Å². The molecular formula is C13H21F3N2OS. The summed E-state index contributed by atoms with van der Waals surface area (Å²) in [5, 5.41) is 2.44. The largest absolute Gasteiger partial charge is 0.443 e. The lowest BCUT2D eigenvalue weighted by atomic mass is 9.97. The van der Waals surface area contributed by atoms with E-state index < -0.39 is 16.8 Å². The molecule has 0 bridgehead atoms. The average molecular weight is 310 g/mol. The van der Waals surface area contributed by atoms with Gasteiger partial charge in [-0.1, -0.05) is 6.92 Å². The SMILES string of the molecule is CCCNC(c1cnc(C(F)(F)F)s1)C(C)(C)OCC. The minimum Gasteiger partial charge on any atom is -0.374 e. The van der Waals surface area contributed by atoms with Crippen molar-refractivity contribution in [3.05, 3.63) is 16.1 Å². The van der Waals surface area contributed by atoms with E-state index in [2.05, 4.69) is 10.3 Å². The monoisotopic (exact) mass is 310 g/mol. The van der Waals surface area contributed by atoms with Crippen LogP contribution in [0.5, 0.6) is 0 Å². The van der Waals surface area contributed by atoms with Crippen molar-refractivity contribution in [2.75, 3.05) is 13.2 Å². The molecule has 1 unspecified atom stereocenters. The highest BCUT2D eigenvalue weighted by Gasteiger charge is 2.38. The number of hydrogen-bond acceptors (Lipinski definition) is 4. The summed E-state index contributed by atoms with van der Waals surface area (Å²) in [7, 11) is 0. The van der Waals surface area contributed by atoms with Gasteiger partial charge in [-0.2, -0.15) is 13.2 Å². The van der Waals surface area contributed by atoms with Crippen LogP contribution in [0.1, 0.15) is 50.0 Å². The van der Waals surface area contributed by atoms with Gasteiger partial charge in [0.25, 0.3) is 0 Å². The van der Waals surface area contributed by atoms with Gasteiger partial charge in [0.15, 0.2) is 5.01 Å². The van der Waals surface area contributed by atoms with E-state index in [4.69, 9.17) is 4.74 Å². The Morgan fingerprint density at radius 2 is 2.00 bits per heavy atom. The third kappa shape index (κ3) is 4.43. The van der Waals surface area contributed by atoms with Crippen molar-refractivity contribution >= 4 is 11.3 Å². The average Bonchev–Trinajstić information content (AvgIpc) is 2.78. The van der Waals surface area contributed by atoms with E-state index in [-0.39, 0.29) is 6.04 Å². The molecule has 0 spiro atoms. The van der Waals surface area contributed by atoms with Crippen molar-refractivity contribution < 1.29 is 17.9 Å². The van der Waals surface area contributed by atoms with Crippen molar-refractivity contribution in [3.8, 4) is 0 Å². The molecule has 3 nitrogen and oxygen atoms in total. The summed E-state index contributed by atoms with van der Waals surface area (Å²) in [5.41, 5.74) is -0.598. The van der Waals surface area contributed by atoms with Crippen molar-refractivity contribution in [2.45, 2.75) is 51.9 Å². The molecule has 0 aliphatic carbocycles. The standard InChI is InChI=1S/C13H21F3N2OS/c1-5-7-17-10(12(3,4)19-6-2)9-8-18-11(20-9)13(14,15)16/h8,10,17H,5-7H2,1-4H3. The van der Waals surface area contributed by atoms with Crippen LogP contribution < -0.4 is 5.32 Å². The summed E-state index contributed by atoms with van der Waals surface area (Å²) in [6.45, 7) is 8.83. The number of nitrogens with one attached hydrogen (secondary N) is 1. The zero-order valence-corrected chi connectivity index (χ0v) is 13.0. The topological polar surface area (TPSA) is 34.2 Å². The van der Waals surface area contributed by atoms with Crippen LogP contribution in [0.2, 0.25) is 0 Å². The molecule has 1 aromatic rings. The molecule has 0 aliphatic rings. The van der Waals surface area contributed by atoms with Crippen molar-refractivity contribution in [1.82, 2.24) is 10.3 Å². The first kappa shape index (κ1) is 17.4. The van der Waals surface area contributed by atoms with Gasteiger partial charge in [-0.3, -0.25) is 0 Å². The summed E-state index contributed by atoms with van der Waals surface area (Å²) in [6, 6.07) is -0.309. The number of halogens is 3. The normalized spacial score (nSPS) is 14.6. The lowest BCUT2D eigenvalue weighted by Gasteiger charge is -2.34. The van der Waals surface area contributed by atoms with Gasteiger partial charge in [0.05, 0.1) is 11.6 Å². The third-order valence-corrected chi connectivity index (χ3v) is 3.97. The van der Waals surface area contributed by atoms with Crippen LogP contribution in [0.4, 0.5) is 13.2 Å². The van der Waals surface area contributed by atoms with E-state index in [0.717, 1.165) is 6.42 Å². The maximum absolute atomic E-state index is 12.7. The molecule has 1 rings (SSSR count). The van der Waals surface area contributed by atoms with Crippen LogP contribution in [0.25, 0.3) is 0 Å². The fraction of sp³-hybridized carbons (Fsp3) is 0.769. The van der Waals surface area contributed by atoms with E-state index in [1.165, 1.54) is 6.20 Å². The molecular weight excluding hydrogens is 289 g/mol. The van der Waals surface area contributed by atoms with Crippen LogP contribution in [0.3, 0.4) is 0 Å². The van der Waals surface area contributed by atoms with Crippen LogP contribution in [0.15, 0.2) is 6.20 Å². The Balaban J connectivity index is 3.01. The molecule has 1 aromatic heterocycles. The number of thiazole rings is 1. The molecule has 7 heteroatoms. The first-order valence-electron chi connectivity index (χ1n) is 6.62. The van der Waals surface area contributed by atoms with Crippen molar-refractivity contribution in [1.29, 1.82) is 0 Å². The third-order valence-electron chi connectivity index (χ3n) is 2.86. The first-order chi connectivity index (χ1) is 9.22. The van der Waals surface area contributed by atoms with Crippen LogP contribution >= 0.6 is 11.3 Å². The summed E-state index contributed by atoms with van der Waals surface area (Å²) >= 11 is 0.672. The van der Waals surface area contributed by atoms with Gasteiger partial charge >= 0.3 is 6.18 Å². The van der Waals surface area contributed by atoms with Gasteiger partial charge in [-0.15, -0.1) is 11.3 Å². The minimum absolute atomic E-state index is 0.309. The Hall–Kier alpha value is -0.660. The van der Waals surface area contributed by atoms with Crippen molar-refractivity contribution in [2.24, 2.45) is 0 Å². The summed E-state index contributed by atoms with van der Waals surface area (Å²) < 4.78 is 43.6. The Bertz CT molecular complexity index is 418. The second-order valence-electron chi connectivity index (χ2n) is 4.99. The van der Waals surface area contributed by atoms with Gasteiger partial charge in [-0.05, 0) is 33.7 Å². The number of rotatable bonds is 7. The summed E-state index contributed by atoms with van der Waals surface area (Å²) in [6.07, 6.45) is -2.21. The molecule has 0 saturated heterocycles. The highest BCUT2D eigenvalue weighted by molar-refractivity contribution is 7.11. The molecule has 1 atom stereocenters. The maximum atomic E-state index is 12.7. The molecule has 0 fully saturated rings. The lowest BCUT2D eigenvalue weighted by molar-refractivity contribution is -0.137. The number of hydrogen-bond donors (Lipinski definition) is 1. The Kier molecular flexibility index (Phi) is 5.97.